The SMILES string of the molecule is COC(=O)c1cccc(CS(=O)(=O)Oc2cc(C)ccc2C)c1. The number of benzene rings is 2. The Bertz CT molecular complexity index is 825. The van der Waals surface area contributed by atoms with E-state index in [9.17, 15) is 13.2 Å². The molecule has 122 valence electrons. The third-order valence-corrected chi connectivity index (χ3v) is 4.37. The highest BCUT2D eigenvalue weighted by molar-refractivity contribution is 7.86. The van der Waals surface area contributed by atoms with E-state index >= 15 is 0 Å². The minimum Gasteiger partial charge on any atom is -0.465 e. The summed E-state index contributed by atoms with van der Waals surface area (Å²) in [6.45, 7) is 3.64. The van der Waals surface area contributed by atoms with Crippen molar-refractivity contribution in [3.05, 3.63) is 64.7 Å². The van der Waals surface area contributed by atoms with Crippen LogP contribution in [0.5, 0.6) is 5.75 Å². The standard InChI is InChI=1S/C17H18O5S/c1-12-7-8-13(2)16(9-12)22-23(19,20)11-14-5-4-6-15(10-14)17(18)21-3/h4-10H,11H2,1-3H3. The Labute approximate surface area is 136 Å². The average Bonchev–Trinajstić information content (AvgIpc) is 2.49. The van der Waals surface area contributed by atoms with Crippen LogP contribution in [0.25, 0.3) is 0 Å². The smallest absolute Gasteiger partial charge is 0.337 e. The van der Waals surface area contributed by atoms with Gasteiger partial charge in [0.25, 0.3) is 0 Å². The molecule has 0 unspecified atom stereocenters. The van der Waals surface area contributed by atoms with Gasteiger partial charge in [-0.2, -0.15) is 8.42 Å². The summed E-state index contributed by atoms with van der Waals surface area (Å²) >= 11 is 0. The summed E-state index contributed by atoms with van der Waals surface area (Å²) in [5.41, 5.74) is 2.40. The van der Waals surface area contributed by atoms with Crippen LogP contribution in [0.1, 0.15) is 27.0 Å². The van der Waals surface area contributed by atoms with E-state index in [1.807, 2.05) is 13.0 Å². The van der Waals surface area contributed by atoms with Crippen LogP contribution in [0.2, 0.25) is 0 Å². The third-order valence-electron chi connectivity index (χ3n) is 3.25. The van der Waals surface area contributed by atoms with Crippen molar-refractivity contribution < 1.29 is 22.1 Å². The number of carbonyl (C=O) groups is 1. The molecule has 0 amide bonds. The molecule has 0 spiro atoms. The van der Waals surface area contributed by atoms with Crippen molar-refractivity contribution >= 4 is 16.1 Å². The summed E-state index contributed by atoms with van der Waals surface area (Å²) in [7, 11) is -2.56. The molecular formula is C17H18O5S. The lowest BCUT2D eigenvalue weighted by molar-refractivity contribution is 0.0600. The molecule has 0 N–H and O–H groups in total. The largest absolute Gasteiger partial charge is 0.465 e. The van der Waals surface area contributed by atoms with Gasteiger partial charge in [-0.1, -0.05) is 24.3 Å². The Balaban J connectivity index is 2.21. The summed E-state index contributed by atoms with van der Waals surface area (Å²) in [4.78, 5) is 11.5. The van der Waals surface area contributed by atoms with Gasteiger partial charge in [0.15, 0.2) is 0 Å². The molecule has 0 atom stereocenters. The number of aryl methyl sites for hydroxylation is 2. The van der Waals surface area contributed by atoms with E-state index in [1.54, 1.807) is 37.3 Å². The van der Waals surface area contributed by atoms with Gasteiger partial charge >= 0.3 is 16.1 Å². The zero-order chi connectivity index (χ0) is 17.0. The van der Waals surface area contributed by atoms with Gasteiger partial charge in [-0.3, -0.25) is 0 Å². The predicted molar refractivity (Wildman–Crippen MR) is 86.9 cm³/mol. The predicted octanol–water partition coefficient (Wildman–Crippen LogP) is 3.00. The van der Waals surface area contributed by atoms with Gasteiger partial charge in [-0.25, -0.2) is 4.79 Å². The van der Waals surface area contributed by atoms with Gasteiger partial charge in [0.2, 0.25) is 0 Å². The van der Waals surface area contributed by atoms with Crippen molar-refractivity contribution in [3.63, 3.8) is 0 Å². The second-order valence-electron chi connectivity index (χ2n) is 5.25. The van der Waals surface area contributed by atoms with E-state index < -0.39 is 16.1 Å². The maximum absolute atomic E-state index is 12.2. The summed E-state index contributed by atoms with van der Waals surface area (Å²) in [6, 6.07) is 11.6. The Kier molecular flexibility index (Phi) is 5.05. The number of methoxy groups -OCH3 is 1. The number of hydrogen-bond acceptors (Lipinski definition) is 5. The lowest BCUT2D eigenvalue weighted by Gasteiger charge is -2.10. The fourth-order valence-electron chi connectivity index (χ4n) is 2.07. The van der Waals surface area contributed by atoms with Crippen LogP contribution < -0.4 is 4.18 Å². The van der Waals surface area contributed by atoms with Gasteiger partial charge in [-0.05, 0) is 48.7 Å². The summed E-state index contributed by atoms with van der Waals surface area (Å²) in [6.07, 6.45) is 0. The van der Waals surface area contributed by atoms with Gasteiger partial charge in [0.05, 0.1) is 12.7 Å². The Morgan fingerprint density at radius 2 is 1.83 bits per heavy atom. The fourth-order valence-corrected chi connectivity index (χ4v) is 3.17. The lowest BCUT2D eigenvalue weighted by Crippen LogP contribution is -2.13. The van der Waals surface area contributed by atoms with Crippen LogP contribution in [0.3, 0.4) is 0 Å². The van der Waals surface area contributed by atoms with Crippen LogP contribution in [0, 0.1) is 13.8 Å². The van der Waals surface area contributed by atoms with Crippen LogP contribution in [-0.4, -0.2) is 21.5 Å². The Morgan fingerprint density at radius 3 is 2.52 bits per heavy atom. The molecule has 2 aromatic rings. The molecule has 0 aliphatic rings. The molecule has 23 heavy (non-hydrogen) atoms. The van der Waals surface area contributed by atoms with Crippen molar-refractivity contribution in [1.29, 1.82) is 0 Å². The molecule has 5 nitrogen and oxygen atoms in total. The topological polar surface area (TPSA) is 69.7 Å². The summed E-state index contributed by atoms with van der Waals surface area (Å²) < 4.78 is 34.3. The number of carbonyl (C=O) groups excluding carboxylic acids is 1. The van der Waals surface area contributed by atoms with E-state index in [4.69, 9.17) is 4.18 Å². The Hall–Kier alpha value is -2.34. The van der Waals surface area contributed by atoms with Crippen molar-refractivity contribution in [2.75, 3.05) is 7.11 Å². The maximum Gasteiger partial charge on any atom is 0.337 e. The van der Waals surface area contributed by atoms with E-state index in [0.29, 0.717) is 16.9 Å². The lowest BCUT2D eigenvalue weighted by atomic mass is 10.1. The minimum absolute atomic E-state index is 0.298. The summed E-state index contributed by atoms with van der Waals surface area (Å²) in [5, 5.41) is 0. The Morgan fingerprint density at radius 1 is 1.09 bits per heavy atom. The first kappa shape index (κ1) is 17.0. The number of esters is 1. The van der Waals surface area contributed by atoms with Crippen molar-refractivity contribution in [2.24, 2.45) is 0 Å². The van der Waals surface area contributed by atoms with E-state index in [0.717, 1.165) is 11.1 Å². The molecule has 0 radical (unpaired) electrons. The first-order chi connectivity index (χ1) is 10.8. The zero-order valence-electron chi connectivity index (χ0n) is 13.2. The van der Waals surface area contributed by atoms with Crippen LogP contribution in [0.4, 0.5) is 0 Å². The van der Waals surface area contributed by atoms with Crippen molar-refractivity contribution in [2.45, 2.75) is 19.6 Å². The molecule has 0 saturated heterocycles. The van der Waals surface area contributed by atoms with E-state index in [2.05, 4.69) is 4.74 Å². The monoisotopic (exact) mass is 334 g/mol. The highest BCUT2D eigenvalue weighted by Gasteiger charge is 2.17. The highest BCUT2D eigenvalue weighted by Crippen LogP contribution is 2.22. The highest BCUT2D eigenvalue weighted by atomic mass is 32.2. The van der Waals surface area contributed by atoms with Gasteiger partial charge in [-0.15, -0.1) is 0 Å². The van der Waals surface area contributed by atoms with Gasteiger partial charge < -0.3 is 8.92 Å². The third kappa shape index (κ3) is 4.56. The zero-order valence-corrected chi connectivity index (χ0v) is 14.0. The van der Waals surface area contributed by atoms with Gasteiger partial charge in [0.1, 0.15) is 11.5 Å². The molecule has 0 heterocycles. The average molecular weight is 334 g/mol. The van der Waals surface area contributed by atoms with Gasteiger partial charge in [0, 0.05) is 0 Å². The quantitative estimate of drug-likeness (QED) is 0.621. The first-order valence-electron chi connectivity index (χ1n) is 6.97. The molecule has 0 fully saturated rings. The molecule has 0 aliphatic carbocycles. The molecule has 2 rings (SSSR count). The molecule has 0 saturated carbocycles. The number of hydrogen-bond donors (Lipinski definition) is 0. The second kappa shape index (κ2) is 6.83. The van der Waals surface area contributed by atoms with E-state index in [-0.39, 0.29) is 5.75 Å². The number of ether oxygens (including phenoxy) is 1. The van der Waals surface area contributed by atoms with Crippen molar-refractivity contribution in [1.82, 2.24) is 0 Å². The normalized spacial score (nSPS) is 11.1. The van der Waals surface area contributed by atoms with E-state index in [1.165, 1.54) is 13.2 Å². The molecule has 0 bridgehead atoms. The molecule has 2 aromatic carbocycles. The molecule has 0 aliphatic heterocycles. The second-order valence-corrected chi connectivity index (χ2v) is 6.82. The minimum atomic E-state index is -3.83. The maximum atomic E-state index is 12.2. The number of rotatable bonds is 5. The molecule has 0 aromatic heterocycles. The molecule has 6 heteroatoms. The van der Waals surface area contributed by atoms with Crippen molar-refractivity contribution in [3.8, 4) is 5.75 Å². The molecular weight excluding hydrogens is 316 g/mol. The van der Waals surface area contributed by atoms with Crippen LogP contribution in [0.15, 0.2) is 42.5 Å². The summed E-state index contributed by atoms with van der Waals surface area (Å²) in [5.74, 6) is -0.528. The fraction of sp³-hybridized carbons (Fsp3) is 0.235. The van der Waals surface area contributed by atoms with Crippen LogP contribution in [-0.2, 0) is 20.6 Å². The van der Waals surface area contributed by atoms with Crippen LogP contribution >= 0.6 is 0 Å². The first-order valence-corrected chi connectivity index (χ1v) is 8.55.